The highest BCUT2D eigenvalue weighted by molar-refractivity contribution is 6.43. The largest absolute Gasteiger partial charge is 0.477 e. The third-order valence-corrected chi connectivity index (χ3v) is 7.16. The SMILES string of the molecule is C=C(/C=C1/N=C(C(=O)N2CCCCCC2C)C=C(CC)N1C)c1ccc(-c2nc(C(=O)O)ccc2F)cc1F. The molecule has 0 bridgehead atoms. The summed E-state index contributed by atoms with van der Waals surface area (Å²) in [7, 11) is 1.83. The number of halogens is 2. The molecule has 2 aromatic rings. The molecule has 1 aromatic carbocycles. The van der Waals surface area contributed by atoms with Gasteiger partial charge >= 0.3 is 5.97 Å². The first-order chi connectivity index (χ1) is 18.6. The zero-order valence-corrected chi connectivity index (χ0v) is 22.4. The molecule has 0 radical (unpaired) electrons. The van der Waals surface area contributed by atoms with E-state index in [1.54, 1.807) is 6.08 Å². The highest BCUT2D eigenvalue weighted by atomic mass is 19.1. The molecule has 2 aliphatic rings. The average molecular weight is 535 g/mol. The zero-order valence-electron chi connectivity index (χ0n) is 22.4. The lowest BCUT2D eigenvalue weighted by atomic mass is 10.0. The predicted molar refractivity (Wildman–Crippen MR) is 147 cm³/mol. The number of carboxylic acids is 1. The van der Waals surface area contributed by atoms with Crippen LogP contribution in [0, 0.1) is 11.6 Å². The molecule has 204 valence electrons. The van der Waals surface area contributed by atoms with Crippen LogP contribution in [0.3, 0.4) is 0 Å². The lowest BCUT2D eigenvalue weighted by molar-refractivity contribution is -0.125. The van der Waals surface area contributed by atoms with Gasteiger partial charge in [-0.3, -0.25) is 4.79 Å². The van der Waals surface area contributed by atoms with Gasteiger partial charge in [0.25, 0.3) is 5.91 Å². The van der Waals surface area contributed by atoms with E-state index in [1.807, 2.05) is 29.8 Å². The Labute approximate surface area is 226 Å². The molecular formula is C30H32F2N4O3. The first-order valence-corrected chi connectivity index (χ1v) is 13.0. The second-order valence-electron chi connectivity index (χ2n) is 9.80. The molecule has 0 saturated carbocycles. The van der Waals surface area contributed by atoms with Gasteiger partial charge in [-0.1, -0.05) is 38.5 Å². The molecule has 1 N–H and O–H groups in total. The summed E-state index contributed by atoms with van der Waals surface area (Å²) in [6.45, 7) is 8.76. The van der Waals surface area contributed by atoms with Gasteiger partial charge in [0.1, 0.15) is 34.6 Å². The molecule has 1 amide bonds. The molecule has 4 rings (SSSR count). The first kappa shape index (κ1) is 27.9. The van der Waals surface area contributed by atoms with Crippen LogP contribution in [0.4, 0.5) is 8.78 Å². The number of amides is 1. The Morgan fingerprint density at radius 2 is 1.92 bits per heavy atom. The van der Waals surface area contributed by atoms with Crippen molar-refractivity contribution in [2.24, 2.45) is 4.99 Å². The molecule has 1 aromatic heterocycles. The van der Waals surface area contributed by atoms with Crippen molar-refractivity contribution < 1.29 is 23.5 Å². The lowest BCUT2D eigenvalue weighted by Gasteiger charge is -2.31. The number of likely N-dealkylation sites (tertiary alicyclic amines) is 1. The van der Waals surface area contributed by atoms with E-state index in [9.17, 15) is 14.0 Å². The molecule has 7 nitrogen and oxygen atoms in total. The maximum Gasteiger partial charge on any atom is 0.354 e. The third kappa shape index (κ3) is 5.97. The van der Waals surface area contributed by atoms with Crippen LogP contribution in [0.1, 0.15) is 62.0 Å². The van der Waals surface area contributed by atoms with Crippen molar-refractivity contribution in [1.29, 1.82) is 0 Å². The van der Waals surface area contributed by atoms with E-state index in [1.165, 1.54) is 12.1 Å². The van der Waals surface area contributed by atoms with Crippen molar-refractivity contribution in [2.45, 2.75) is 52.0 Å². The minimum atomic E-state index is -1.31. The Balaban J connectivity index is 1.65. The van der Waals surface area contributed by atoms with Crippen LogP contribution in [0.15, 0.2) is 65.6 Å². The van der Waals surface area contributed by atoms with E-state index < -0.39 is 17.6 Å². The monoisotopic (exact) mass is 534 g/mol. The van der Waals surface area contributed by atoms with E-state index in [0.29, 0.717) is 30.1 Å². The number of hydrogen-bond acceptors (Lipinski definition) is 5. The van der Waals surface area contributed by atoms with Gasteiger partial charge in [0.15, 0.2) is 0 Å². The quantitative estimate of drug-likeness (QED) is 0.488. The normalized spacial score (nSPS) is 18.9. The molecule has 0 aliphatic carbocycles. The fourth-order valence-corrected chi connectivity index (χ4v) is 4.85. The van der Waals surface area contributed by atoms with Gasteiger partial charge < -0.3 is 14.9 Å². The smallest absolute Gasteiger partial charge is 0.354 e. The predicted octanol–water partition coefficient (Wildman–Crippen LogP) is 6.05. The van der Waals surface area contributed by atoms with E-state index in [4.69, 9.17) is 5.11 Å². The van der Waals surface area contributed by atoms with Crippen molar-refractivity contribution in [3.8, 4) is 11.3 Å². The van der Waals surface area contributed by atoms with Crippen molar-refractivity contribution in [1.82, 2.24) is 14.8 Å². The molecule has 3 heterocycles. The highest BCUT2D eigenvalue weighted by Crippen LogP contribution is 2.29. The van der Waals surface area contributed by atoms with Gasteiger partial charge in [-0.15, -0.1) is 0 Å². The van der Waals surface area contributed by atoms with Crippen LogP contribution in [0.2, 0.25) is 0 Å². The number of carbonyl (C=O) groups excluding carboxylic acids is 1. The Bertz CT molecular complexity index is 1410. The second kappa shape index (κ2) is 11.7. The summed E-state index contributed by atoms with van der Waals surface area (Å²) in [5.74, 6) is -2.42. The van der Waals surface area contributed by atoms with Crippen LogP contribution < -0.4 is 0 Å². The Morgan fingerprint density at radius 3 is 2.62 bits per heavy atom. The molecule has 1 fully saturated rings. The Kier molecular flexibility index (Phi) is 8.38. The maximum atomic E-state index is 15.2. The van der Waals surface area contributed by atoms with Gasteiger partial charge in [-0.2, -0.15) is 0 Å². The van der Waals surface area contributed by atoms with Crippen LogP contribution in [0.25, 0.3) is 16.8 Å². The van der Waals surface area contributed by atoms with E-state index in [-0.39, 0.29) is 34.5 Å². The van der Waals surface area contributed by atoms with E-state index in [2.05, 4.69) is 23.5 Å². The van der Waals surface area contributed by atoms with Crippen LogP contribution in [-0.4, -0.2) is 57.1 Å². The highest BCUT2D eigenvalue weighted by Gasteiger charge is 2.28. The van der Waals surface area contributed by atoms with Crippen LogP contribution >= 0.6 is 0 Å². The number of allylic oxidation sites excluding steroid dienone is 3. The number of aromatic nitrogens is 1. The first-order valence-electron chi connectivity index (χ1n) is 13.0. The molecule has 2 aliphatic heterocycles. The van der Waals surface area contributed by atoms with Crippen LogP contribution in [0.5, 0.6) is 0 Å². The Hall–Kier alpha value is -4.14. The molecule has 9 heteroatoms. The summed E-state index contributed by atoms with van der Waals surface area (Å²) >= 11 is 0. The van der Waals surface area contributed by atoms with Crippen LogP contribution in [-0.2, 0) is 4.79 Å². The number of carboxylic acid groups (broad SMARTS) is 1. The summed E-state index contributed by atoms with van der Waals surface area (Å²) in [5.41, 5.74) is 1.20. The molecular weight excluding hydrogens is 502 g/mol. The van der Waals surface area contributed by atoms with Gasteiger partial charge in [-0.05, 0) is 62.1 Å². The number of carbonyl (C=O) groups is 2. The number of pyridine rings is 1. The summed E-state index contributed by atoms with van der Waals surface area (Å²) in [6, 6.07) is 6.16. The fourth-order valence-electron chi connectivity index (χ4n) is 4.85. The summed E-state index contributed by atoms with van der Waals surface area (Å²) in [4.78, 5) is 36.9. The molecule has 1 saturated heterocycles. The minimum Gasteiger partial charge on any atom is -0.477 e. The van der Waals surface area contributed by atoms with Crippen molar-refractivity contribution in [2.75, 3.05) is 13.6 Å². The number of aliphatic imine (C=N–C) groups is 1. The molecule has 1 atom stereocenters. The average Bonchev–Trinajstić information content (AvgIpc) is 3.13. The number of benzene rings is 1. The Morgan fingerprint density at radius 1 is 1.15 bits per heavy atom. The summed E-state index contributed by atoms with van der Waals surface area (Å²) in [5, 5.41) is 9.17. The van der Waals surface area contributed by atoms with Crippen molar-refractivity contribution >= 4 is 23.2 Å². The number of nitrogens with zero attached hydrogens (tertiary/aromatic N) is 4. The van der Waals surface area contributed by atoms with E-state index >= 15 is 4.39 Å². The lowest BCUT2D eigenvalue weighted by Crippen LogP contribution is -2.43. The van der Waals surface area contributed by atoms with E-state index in [0.717, 1.165) is 49.6 Å². The van der Waals surface area contributed by atoms with Gasteiger partial charge in [0.2, 0.25) is 0 Å². The summed E-state index contributed by atoms with van der Waals surface area (Å²) < 4.78 is 29.6. The molecule has 1 unspecified atom stereocenters. The maximum absolute atomic E-state index is 15.2. The second-order valence-corrected chi connectivity index (χ2v) is 9.80. The number of aromatic carboxylic acids is 1. The van der Waals surface area contributed by atoms with Gasteiger partial charge in [0, 0.05) is 36.5 Å². The standard InChI is InChI=1S/C30H32F2N4O3/c1-5-21-17-26(29(37)36-14-8-6-7-9-19(36)3)33-27(35(21)4)15-18(2)22-11-10-20(16-24(22)32)28-23(31)12-13-25(34-28)30(38)39/h10-13,15-17,19H,2,5-9,14H2,1,3-4H3,(H,38,39)/b27-15-. The van der Waals surface area contributed by atoms with Crippen molar-refractivity contribution in [3.05, 3.63) is 83.5 Å². The minimum absolute atomic E-state index is 0.0979. The van der Waals surface area contributed by atoms with Gasteiger partial charge in [0.05, 0.1) is 0 Å². The van der Waals surface area contributed by atoms with Crippen molar-refractivity contribution in [3.63, 3.8) is 0 Å². The molecule has 0 spiro atoms. The number of hydrogen-bond donors (Lipinski definition) is 1. The topological polar surface area (TPSA) is 86.1 Å². The van der Waals surface area contributed by atoms with Gasteiger partial charge in [-0.25, -0.2) is 23.6 Å². The third-order valence-electron chi connectivity index (χ3n) is 7.16. The fraction of sp³-hybridized carbons (Fsp3) is 0.333. The number of rotatable bonds is 6. The molecule has 39 heavy (non-hydrogen) atoms. The summed E-state index contributed by atoms with van der Waals surface area (Å²) in [6.07, 6.45) is 8.20. The zero-order chi connectivity index (χ0) is 28.3.